The van der Waals surface area contributed by atoms with Gasteiger partial charge in [-0.15, -0.1) is 0 Å². The average Bonchev–Trinajstić information content (AvgIpc) is 3.09. The molecule has 0 aromatic carbocycles. The van der Waals surface area contributed by atoms with Crippen LogP contribution in [0.15, 0.2) is 36.7 Å². The van der Waals surface area contributed by atoms with Crippen LogP contribution < -0.4 is 4.90 Å². The number of anilines is 1. The summed E-state index contributed by atoms with van der Waals surface area (Å²) in [7, 11) is 0. The molecule has 0 spiro atoms. The fourth-order valence-electron chi connectivity index (χ4n) is 2.57. The van der Waals surface area contributed by atoms with Crippen LogP contribution in [0.1, 0.15) is 24.6 Å². The zero-order chi connectivity index (χ0) is 13.2. The first kappa shape index (κ1) is 11.7. The summed E-state index contributed by atoms with van der Waals surface area (Å²) in [5.41, 5.74) is 1.19. The van der Waals surface area contributed by atoms with Crippen molar-refractivity contribution in [3.05, 3.63) is 52.5 Å². The Kier molecular flexibility index (Phi) is 2.91. The van der Waals surface area contributed by atoms with Gasteiger partial charge in [0.2, 0.25) is 0 Å². The van der Waals surface area contributed by atoms with Crippen LogP contribution in [-0.4, -0.2) is 21.4 Å². The molecule has 1 N–H and O–H groups in total. The smallest absolute Gasteiger partial charge is 0.287 e. The number of nitro groups is 1. The summed E-state index contributed by atoms with van der Waals surface area (Å²) in [5, 5.41) is 10.6. The normalized spacial score (nSPS) is 18.7. The molecule has 2 aromatic heterocycles. The van der Waals surface area contributed by atoms with E-state index in [1.54, 1.807) is 6.07 Å². The second-order valence-electron chi connectivity index (χ2n) is 4.61. The van der Waals surface area contributed by atoms with E-state index in [9.17, 15) is 10.1 Å². The van der Waals surface area contributed by atoms with E-state index < -0.39 is 4.92 Å². The number of rotatable bonds is 3. The summed E-state index contributed by atoms with van der Waals surface area (Å²) in [6.07, 6.45) is 5.40. The number of H-pyrrole nitrogens is 1. The molecular weight excluding hydrogens is 244 g/mol. The first-order valence-corrected chi connectivity index (χ1v) is 6.26. The molecule has 0 aliphatic carbocycles. The van der Waals surface area contributed by atoms with Gasteiger partial charge in [-0.2, -0.15) is 0 Å². The van der Waals surface area contributed by atoms with Crippen LogP contribution in [0.2, 0.25) is 0 Å². The van der Waals surface area contributed by atoms with E-state index in [4.69, 9.17) is 0 Å². The number of pyridine rings is 1. The van der Waals surface area contributed by atoms with Crippen LogP contribution in [0.3, 0.4) is 0 Å². The molecule has 3 rings (SSSR count). The van der Waals surface area contributed by atoms with Crippen LogP contribution >= 0.6 is 0 Å². The minimum absolute atomic E-state index is 0.0272. The lowest BCUT2D eigenvalue weighted by molar-refractivity contribution is -0.385. The van der Waals surface area contributed by atoms with Crippen LogP contribution in [-0.2, 0) is 0 Å². The van der Waals surface area contributed by atoms with Crippen molar-refractivity contribution in [3.8, 4) is 0 Å². The summed E-state index contributed by atoms with van der Waals surface area (Å²) in [6.45, 7) is 0.925. The largest absolute Gasteiger partial charge is 0.363 e. The van der Waals surface area contributed by atoms with E-state index in [1.165, 1.54) is 12.3 Å². The van der Waals surface area contributed by atoms with E-state index in [0.717, 1.165) is 30.9 Å². The monoisotopic (exact) mass is 258 g/mol. The zero-order valence-corrected chi connectivity index (χ0v) is 10.3. The van der Waals surface area contributed by atoms with Crippen molar-refractivity contribution in [3.63, 3.8) is 0 Å². The van der Waals surface area contributed by atoms with Gasteiger partial charge in [0.15, 0.2) is 0 Å². The van der Waals surface area contributed by atoms with Gasteiger partial charge in [-0.05, 0) is 31.0 Å². The molecule has 1 aliphatic rings. The minimum Gasteiger partial charge on any atom is -0.363 e. The maximum Gasteiger partial charge on any atom is 0.287 e. The summed E-state index contributed by atoms with van der Waals surface area (Å²) < 4.78 is 0. The molecule has 1 saturated heterocycles. The molecule has 0 saturated carbocycles. The third-order valence-corrected chi connectivity index (χ3v) is 3.47. The van der Waals surface area contributed by atoms with Crippen molar-refractivity contribution in [2.45, 2.75) is 18.9 Å². The predicted molar refractivity (Wildman–Crippen MR) is 71.0 cm³/mol. The fourth-order valence-corrected chi connectivity index (χ4v) is 2.57. The molecule has 0 amide bonds. The van der Waals surface area contributed by atoms with Gasteiger partial charge in [0, 0.05) is 24.5 Å². The minimum atomic E-state index is -0.427. The third-order valence-electron chi connectivity index (χ3n) is 3.47. The predicted octanol–water partition coefficient (Wildman–Crippen LogP) is 2.66. The van der Waals surface area contributed by atoms with Crippen LogP contribution in [0.4, 0.5) is 11.5 Å². The molecule has 0 bridgehead atoms. The molecule has 0 radical (unpaired) electrons. The van der Waals surface area contributed by atoms with Crippen LogP contribution in [0.25, 0.3) is 0 Å². The third kappa shape index (κ3) is 2.16. The molecule has 1 aliphatic heterocycles. The van der Waals surface area contributed by atoms with E-state index in [-0.39, 0.29) is 11.7 Å². The Hall–Kier alpha value is -2.37. The molecule has 1 unspecified atom stereocenters. The quantitative estimate of drug-likeness (QED) is 0.678. The van der Waals surface area contributed by atoms with Gasteiger partial charge in [-0.1, -0.05) is 0 Å². The Morgan fingerprint density at radius 2 is 2.32 bits per heavy atom. The second-order valence-corrected chi connectivity index (χ2v) is 4.61. The molecule has 2 aromatic rings. The summed E-state index contributed by atoms with van der Waals surface area (Å²) in [5.74, 6) is 0.794. The molecule has 19 heavy (non-hydrogen) atoms. The van der Waals surface area contributed by atoms with Gasteiger partial charge in [-0.25, -0.2) is 4.98 Å². The van der Waals surface area contributed by atoms with Crippen molar-refractivity contribution < 1.29 is 4.92 Å². The van der Waals surface area contributed by atoms with Crippen molar-refractivity contribution in [2.24, 2.45) is 0 Å². The first-order valence-electron chi connectivity index (χ1n) is 6.26. The lowest BCUT2D eigenvalue weighted by Gasteiger charge is -2.24. The van der Waals surface area contributed by atoms with Crippen LogP contribution in [0.5, 0.6) is 0 Å². The van der Waals surface area contributed by atoms with Gasteiger partial charge in [0.25, 0.3) is 5.69 Å². The molecule has 1 atom stereocenters. The van der Waals surface area contributed by atoms with E-state index in [2.05, 4.69) is 20.9 Å². The Bertz CT molecular complexity index is 565. The van der Waals surface area contributed by atoms with Gasteiger partial charge in [0.1, 0.15) is 12.0 Å². The SMILES string of the molecule is O=[N+]([O-])c1ccc(N2CCCC2c2ccc[nH]2)nc1. The summed E-state index contributed by atoms with van der Waals surface area (Å²) in [4.78, 5) is 19.8. The van der Waals surface area contributed by atoms with Crippen molar-refractivity contribution in [1.29, 1.82) is 0 Å². The number of hydrogen-bond donors (Lipinski definition) is 1. The topological polar surface area (TPSA) is 75.1 Å². The Labute approximate surface area is 110 Å². The summed E-state index contributed by atoms with van der Waals surface area (Å²) >= 11 is 0. The molecule has 1 fully saturated rings. The highest BCUT2D eigenvalue weighted by Crippen LogP contribution is 2.34. The van der Waals surface area contributed by atoms with Gasteiger partial charge < -0.3 is 9.88 Å². The van der Waals surface area contributed by atoms with E-state index in [1.807, 2.05) is 12.3 Å². The zero-order valence-electron chi connectivity index (χ0n) is 10.3. The number of hydrogen-bond acceptors (Lipinski definition) is 4. The fraction of sp³-hybridized carbons (Fsp3) is 0.308. The van der Waals surface area contributed by atoms with Gasteiger partial charge in [0.05, 0.1) is 11.0 Å². The molecular formula is C13H14N4O2. The van der Waals surface area contributed by atoms with Crippen molar-refractivity contribution >= 4 is 11.5 Å². The van der Waals surface area contributed by atoms with Crippen molar-refractivity contribution in [1.82, 2.24) is 9.97 Å². The number of nitrogens with one attached hydrogen (secondary N) is 1. The van der Waals surface area contributed by atoms with E-state index in [0.29, 0.717) is 0 Å². The highest BCUT2D eigenvalue weighted by atomic mass is 16.6. The number of aromatic amines is 1. The summed E-state index contributed by atoms with van der Waals surface area (Å²) in [6, 6.07) is 7.55. The Morgan fingerprint density at radius 1 is 1.42 bits per heavy atom. The highest BCUT2D eigenvalue weighted by molar-refractivity contribution is 5.46. The van der Waals surface area contributed by atoms with Gasteiger partial charge in [-0.3, -0.25) is 10.1 Å². The average molecular weight is 258 g/mol. The standard InChI is InChI=1S/C13H14N4O2/c18-17(19)10-5-6-13(15-9-10)16-8-2-4-12(16)11-3-1-7-14-11/h1,3,5-7,9,12,14H,2,4,8H2. The van der Waals surface area contributed by atoms with E-state index >= 15 is 0 Å². The van der Waals surface area contributed by atoms with Gasteiger partial charge >= 0.3 is 0 Å². The number of nitrogens with zero attached hydrogens (tertiary/aromatic N) is 3. The highest BCUT2D eigenvalue weighted by Gasteiger charge is 2.27. The Balaban J connectivity index is 1.86. The molecule has 3 heterocycles. The first-order chi connectivity index (χ1) is 9.25. The lowest BCUT2D eigenvalue weighted by atomic mass is 10.1. The molecule has 6 nitrogen and oxygen atoms in total. The van der Waals surface area contributed by atoms with Crippen molar-refractivity contribution in [2.75, 3.05) is 11.4 Å². The second kappa shape index (κ2) is 4.72. The molecule has 98 valence electrons. The maximum atomic E-state index is 10.6. The number of aromatic nitrogens is 2. The maximum absolute atomic E-state index is 10.6. The molecule has 6 heteroatoms. The Morgan fingerprint density at radius 3 is 2.95 bits per heavy atom. The van der Waals surface area contributed by atoms with Crippen LogP contribution in [0, 0.1) is 10.1 Å². The lowest BCUT2D eigenvalue weighted by Crippen LogP contribution is -2.23.